The maximum atomic E-state index is 15.6. The number of hydrogen-bond donors (Lipinski definition) is 0. The van der Waals surface area contributed by atoms with E-state index < -0.39 is 11.5 Å². The number of benzene rings is 1. The molecule has 1 unspecified atom stereocenters. The molecule has 0 saturated heterocycles. The SMILES string of the molecule is C=C1CCC(F)(C(=O)CCc2c(C)cc(Cl)cc2Cl)c2cccnc21. The molecule has 0 amide bonds. The van der Waals surface area contributed by atoms with Crippen molar-refractivity contribution >= 4 is 34.6 Å². The zero-order chi connectivity index (χ0) is 18.2. The number of carbonyl (C=O) groups is 1. The topological polar surface area (TPSA) is 30.0 Å². The second kappa shape index (κ2) is 6.89. The number of carbonyl (C=O) groups excluding carboxylic acids is 1. The lowest BCUT2D eigenvalue weighted by molar-refractivity contribution is -0.131. The van der Waals surface area contributed by atoms with Gasteiger partial charge in [0.25, 0.3) is 0 Å². The van der Waals surface area contributed by atoms with E-state index in [2.05, 4.69) is 11.6 Å². The van der Waals surface area contributed by atoms with Gasteiger partial charge in [-0.1, -0.05) is 35.8 Å². The summed E-state index contributed by atoms with van der Waals surface area (Å²) in [6.07, 6.45) is 2.57. The zero-order valence-corrected chi connectivity index (χ0v) is 15.4. The Labute approximate surface area is 156 Å². The molecule has 0 bridgehead atoms. The van der Waals surface area contributed by atoms with Gasteiger partial charge < -0.3 is 0 Å². The Hall–Kier alpha value is -1.71. The van der Waals surface area contributed by atoms with E-state index in [1.54, 1.807) is 30.5 Å². The molecular weight excluding hydrogens is 360 g/mol. The molecule has 0 fully saturated rings. The molecule has 1 aliphatic carbocycles. The molecule has 1 heterocycles. The third-order valence-electron chi connectivity index (χ3n) is 4.77. The summed E-state index contributed by atoms with van der Waals surface area (Å²) in [5, 5.41) is 1.05. The molecule has 1 atom stereocenters. The van der Waals surface area contributed by atoms with Crippen LogP contribution in [0.15, 0.2) is 37.0 Å². The van der Waals surface area contributed by atoms with Crippen molar-refractivity contribution < 1.29 is 9.18 Å². The van der Waals surface area contributed by atoms with Gasteiger partial charge in [0.05, 0.1) is 5.69 Å². The van der Waals surface area contributed by atoms with E-state index in [1.807, 2.05) is 6.92 Å². The van der Waals surface area contributed by atoms with Gasteiger partial charge in [-0.05, 0) is 61.1 Å². The van der Waals surface area contributed by atoms with Crippen LogP contribution in [0.25, 0.3) is 5.57 Å². The number of fused-ring (bicyclic) bond motifs is 1. The molecule has 1 aromatic heterocycles. The number of halogens is 3. The van der Waals surface area contributed by atoms with Gasteiger partial charge in [0.15, 0.2) is 11.5 Å². The predicted octanol–water partition coefficient (Wildman–Crippen LogP) is 5.87. The number of Topliss-reactive ketones (excluding diaryl/α,β-unsaturated/α-hetero) is 1. The molecule has 0 spiro atoms. The standard InChI is InChI=1S/C20H18Cl2FNO/c1-12-7-8-20(23,16-4-3-9-24-19(12)16)18(25)6-5-15-13(2)10-14(21)11-17(15)22/h3-4,9-11H,1,5-8H2,2H3. The largest absolute Gasteiger partial charge is 0.296 e. The lowest BCUT2D eigenvalue weighted by atomic mass is 9.77. The highest BCUT2D eigenvalue weighted by Crippen LogP contribution is 2.43. The number of aromatic nitrogens is 1. The second-order valence-electron chi connectivity index (χ2n) is 6.41. The Morgan fingerprint density at radius 1 is 1.40 bits per heavy atom. The molecule has 2 aromatic rings. The van der Waals surface area contributed by atoms with Crippen LogP contribution in [0.2, 0.25) is 10.0 Å². The lowest BCUT2D eigenvalue weighted by Gasteiger charge is -2.31. The molecule has 0 aliphatic heterocycles. The van der Waals surface area contributed by atoms with Gasteiger partial charge in [-0.15, -0.1) is 0 Å². The lowest BCUT2D eigenvalue weighted by Crippen LogP contribution is -2.35. The first-order valence-electron chi connectivity index (χ1n) is 8.13. The first-order chi connectivity index (χ1) is 11.8. The van der Waals surface area contributed by atoms with Crippen LogP contribution in [-0.2, 0) is 16.9 Å². The minimum Gasteiger partial charge on any atom is -0.296 e. The fourth-order valence-electron chi connectivity index (χ4n) is 3.36. The van der Waals surface area contributed by atoms with Crippen molar-refractivity contribution in [1.82, 2.24) is 4.98 Å². The van der Waals surface area contributed by atoms with Crippen LogP contribution >= 0.6 is 23.2 Å². The highest BCUT2D eigenvalue weighted by atomic mass is 35.5. The van der Waals surface area contributed by atoms with Crippen LogP contribution in [-0.4, -0.2) is 10.8 Å². The number of hydrogen-bond acceptors (Lipinski definition) is 2. The third kappa shape index (κ3) is 3.36. The number of ketones is 1. The van der Waals surface area contributed by atoms with E-state index in [9.17, 15) is 4.79 Å². The van der Waals surface area contributed by atoms with Gasteiger partial charge in [-0.2, -0.15) is 0 Å². The molecule has 1 aromatic carbocycles. The fourth-order valence-corrected chi connectivity index (χ4v) is 4.05. The van der Waals surface area contributed by atoms with Crippen molar-refractivity contribution in [3.8, 4) is 0 Å². The van der Waals surface area contributed by atoms with E-state index in [0.29, 0.717) is 34.1 Å². The molecule has 0 N–H and O–H groups in total. The van der Waals surface area contributed by atoms with Crippen LogP contribution in [0.1, 0.15) is 41.6 Å². The van der Waals surface area contributed by atoms with Crippen molar-refractivity contribution in [1.29, 1.82) is 0 Å². The normalized spacial score (nSPS) is 19.6. The summed E-state index contributed by atoms with van der Waals surface area (Å²) < 4.78 is 15.6. The summed E-state index contributed by atoms with van der Waals surface area (Å²) in [5.41, 5.74) is 1.32. The molecule has 25 heavy (non-hydrogen) atoms. The van der Waals surface area contributed by atoms with Gasteiger partial charge in [0.1, 0.15) is 0 Å². The van der Waals surface area contributed by atoms with Crippen molar-refractivity contribution in [2.75, 3.05) is 0 Å². The Morgan fingerprint density at radius 2 is 2.16 bits per heavy atom. The van der Waals surface area contributed by atoms with Crippen LogP contribution in [0, 0.1) is 6.92 Å². The first-order valence-corrected chi connectivity index (χ1v) is 8.89. The third-order valence-corrected chi connectivity index (χ3v) is 5.32. The van der Waals surface area contributed by atoms with Gasteiger partial charge in [0.2, 0.25) is 0 Å². The average Bonchev–Trinajstić information content (AvgIpc) is 2.57. The molecule has 1 aliphatic rings. The van der Waals surface area contributed by atoms with E-state index in [1.165, 1.54) is 0 Å². The zero-order valence-electron chi connectivity index (χ0n) is 13.9. The molecule has 130 valence electrons. The summed E-state index contributed by atoms with van der Waals surface area (Å²) in [6.45, 7) is 5.82. The summed E-state index contributed by atoms with van der Waals surface area (Å²) in [7, 11) is 0. The summed E-state index contributed by atoms with van der Waals surface area (Å²) >= 11 is 12.2. The van der Waals surface area contributed by atoms with Gasteiger partial charge in [-0.3, -0.25) is 9.78 Å². The van der Waals surface area contributed by atoms with E-state index in [4.69, 9.17) is 23.2 Å². The van der Waals surface area contributed by atoms with Gasteiger partial charge in [-0.25, -0.2) is 4.39 Å². The van der Waals surface area contributed by atoms with E-state index in [0.717, 1.165) is 16.7 Å². The quantitative estimate of drug-likeness (QED) is 0.666. The van der Waals surface area contributed by atoms with E-state index >= 15 is 4.39 Å². The van der Waals surface area contributed by atoms with E-state index in [-0.39, 0.29) is 12.8 Å². The fraction of sp³-hybridized carbons (Fsp3) is 0.300. The Bertz CT molecular complexity index is 842. The van der Waals surface area contributed by atoms with Crippen molar-refractivity contribution in [3.05, 3.63) is 69.5 Å². The summed E-state index contributed by atoms with van der Waals surface area (Å²) in [5.74, 6) is -0.445. The summed E-state index contributed by atoms with van der Waals surface area (Å²) in [4.78, 5) is 17.0. The number of nitrogens with zero attached hydrogens (tertiary/aromatic N) is 1. The van der Waals surface area contributed by atoms with Gasteiger partial charge >= 0.3 is 0 Å². The van der Waals surface area contributed by atoms with Crippen LogP contribution in [0.5, 0.6) is 0 Å². The number of pyridine rings is 1. The monoisotopic (exact) mass is 377 g/mol. The maximum absolute atomic E-state index is 15.6. The molecule has 3 rings (SSSR count). The molecule has 2 nitrogen and oxygen atoms in total. The second-order valence-corrected chi connectivity index (χ2v) is 7.25. The molecule has 5 heteroatoms. The number of alkyl halides is 1. The molecule has 0 radical (unpaired) electrons. The Kier molecular flexibility index (Phi) is 4.99. The minimum absolute atomic E-state index is 0.0690. The summed E-state index contributed by atoms with van der Waals surface area (Å²) in [6, 6.07) is 6.72. The van der Waals surface area contributed by atoms with Crippen molar-refractivity contribution in [2.24, 2.45) is 0 Å². The number of aryl methyl sites for hydroxylation is 1. The highest BCUT2D eigenvalue weighted by molar-refractivity contribution is 6.35. The average molecular weight is 378 g/mol. The van der Waals surface area contributed by atoms with Crippen molar-refractivity contribution in [2.45, 2.75) is 38.3 Å². The van der Waals surface area contributed by atoms with Crippen LogP contribution in [0.3, 0.4) is 0 Å². The predicted molar refractivity (Wildman–Crippen MR) is 99.8 cm³/mol. The van der Waals surface area contributed by atoms with Crippen molar-refractivity contribution in [3.63, 3.8) is 0 Å². The molecule has 0 saturated carbocycles. The molecular formula is C20H18Cl2FNO. The van der Waals surface area contributed by atoms with Gasteiger partial charge in [0, 0.05) is 28.2 Å². The van der Waals surface area contributed by atoms with Crippen LogP contribution < -0.4 is 0 Å². The Morgan fingerprint density at radius 3 is 2.88 bits per heavy atom. The number of allylic oxidation sites excluding steroid dienone is 1. The first kappa shape index (κ1) is 18.1. The smallest absolute Gasteiger partial charge is 0.196 e. The van der Waals surface area contributed by atoms with Crippen LogP contribution in [0.4, 0.5) is 4.39 Å². The minimum atomic E-state index is -2.02. The maximum Gasteiger partial charge on any atom is 0.196 e. The number of rotatable bonds is 4. The Balaban J connectivity index is 1.85. The highest BCUT2D eigenvalue weighted by Gasteiger charge is 2.44.